The summed E-state index contributed by atoms with van der Waals surface area (Å²) in [5.74, 6) is -1.67. The molecule has 3 N–H and O–H groups in total. The highest BCUT2D eigenvalue weighted by Crippen LogP contribution is 2.02. The molecule has 1 atom stereocenters. The maximum atomic E-state index is 12.2. The molecule has 2 rings (SSSR count). The number of rotatable bonds is 5. The molecule has 1 aromatic carbocycles. The van der Waals surface area contributed by atoms with Crippen LogP contribution in [-0.4, -0.2) is 32.8 Å². The third-order valence-electron chi connectivity index (χ3n) is 3.19. The first-order chi connectivity index (χ1) is 10.4. The number of nitrogens with zero attached hydrogens (tertiary/aromatic N) is 1. The second kappa shape index (κ2) is 6.25. The number of hydrogen-bond donors (Lipinski definition) is 3. The number of H-pyrrole nitrogens is 1. The van der Waals surface area contributed by atoms with E-state index in [4.69, 9.17) is 5.11 Å². The predicted octanol–water partition coefficient (Wildman–Crippen LogP) is -0.331. The van der Waals surface area contributed by atoms with Crippen LogP contribution < -0.4 is 16.4 Å². The molecule has 0 fully saturated rings. The molecule has 0 spiro atoms. The summed E-state index contributed by atoms with van der Waals surface area (Å²) in [6.45, 7) is 1.29. The molecule has 0 saturated carbocycles. The van der Waals surface area contributed by atoms with E-state index in [1.54, 1.807) is 18.2 Å². The van der Waals surface area contributed by atoms with Gasteiger partial charge < -0.3 is 10.4 Å². The molecular formula is C14H15N3O5. The topological polar surface area (TPSA) is 121 Å². The van der Waals surface area contributed by atoms with Crippen molar-refractivity contribution >= 4 is 22.6 Å². The number of carbonyl (C=O) groups is 2. The number of carbonyl (C=O) groups excluding carboxylic acids is 1. The Balaban J connectivity index is 2.18. The SMILES string of the molecule is CC(NC(=O)CCn1[nH]c(=O)c2ccccc2c1=O)C(=O)O. The van der Waals surface area contributed by atoms with Crippen LogP contribution in [0.15, 0.2) is 33.9 Å². The molecular weight excluding hydrogens is 290 g/mol. The first kappa shape index (κ1) is 15.5. The van der Waals surface area contributed by atoms with E-state index >= 15 is 0 Å². The van der Waals surface area contributed by atoms with Gasteiger partial charge in [-0.2, -0.15) is 0 Å². The van der Waals surface area contributed by atoms with E-state index in [2.05, 4.69) is 10.4 Å². The monoisotopic (exact) mass is 305 g/mol. The lowest BCUT2D eigenvalue weighted by Gasteiger charge is -2.10. The van der Waals surface area contributed by atoms with Gasteiger partial charge in [-0.3, -0.25) is 24.3 Å². The minimum Gasteiger partial charge on any atom is -0.480 e. The molecule has 1 amide bonds. The van der Waals surface area contributed by atoms with E-state index in [-0.39, 0.29) is 23.7 Å². The molecule has 8 heteroatoms. The predicted molar refractivity (Wildman–Crippen MR) is 78.7 cm³/mol. The average Bonchev–Trinajstić information content (AvgIpc) is 2.49. The maximum absolute atomic E-state index is 12.2. The van der Waals surface area contributed by atoms with E-state index in [1.807, 2.05) is 0 Å². The Hall–Kier alpha value is -2.90. The molecule has 2 aromatic rings. The van der Waals surface area contributed by atoms with Gasteiger partial charge in [0, 0.05) is 6.42 Å². The Bertz CT molecular complexity index is 836. The van der Waals surface area contributed by atoms with Crippen LogP contribution >= 0.6 is 0 Å². The summed E-state index contributed by atoms with van der Waals surface area (Å²) in [6.07, 6.45) is -0.119. The van der Waals surface area contributed by atoms with Crippen molar-refractivity contribution in [2.45, 2.75) is 25.9 Å². The second-order valence-electron chi connectivity index (χ2n) is 4.82. The van der Waals surface area contributed by atoms with Crippen molar-refractivity contribution in [3.63, 3.8) is 0 Å². The van der Waals surface area contributed by atoms with Crippen LogP contribution in [-0.2, 0) is 16.1 Å². The smallest absolute Gasteiger partial charge is 0.325 e. The van der Waals surface area contributed by atoms with Crippen molar-refractivity contribution in [3.05, 3.63) is 45.0 Å². The highest BCUT2D eigenvalue weighted by molar-refractivity contribution is 5.83. The van der Waals surface area contributed by atoms with Gasteiger partial charge in [0.05, 0.1) is 17.3 Å². The Morgan fingerprint density at radius 3 is 2.55 bits per heavy atom. The summed E-state index contributed by atoms with van der Waals surface area (Å²) >= 11 is 0. The highest BCUT2D eigenvalue weighted by Gasteiger charge is 2.14. The number of aromatic nitrogens is 2. The summed E-state index contributed by atoms with van der Waals surface area (Å²) in [7, 11) is 0. The van der Waals surface area contributed by atoms with Crippen LogP contribution in [0.5, 0.6) is 0 Å². The summed E-state index contributed by atoms with van der Waals surface area (Å²) in [4.78, 5) is 46.3. The number of fused-ring (bicyclic) bond motifs is 1. The maximum Gasteiger partial charge on any atom is 0.325 e. The van der Waals surface area contributed by atoms with Crippen molar-refractivity contribution in [2.75, 3.05) is 0 Å². The molecule has 1 aromatic heterocycles. The summed E-state index contributed by atoms with van der Waals surface area (Å²) < 4.78 is 1.05. The number of benzene rings is 1. The summed E-state index contributed by atoms with van der Waals surface area (Å²) in [6, 6.07) is 5.37. The minimum atomic E-state index is -1.15. The van der Waals surface area contributed by atoms with E-state index in [0.29, 0.717) is 0 Å². The zero-order chi connectivity index (χ0) is 16.3. The van der Waals surface area contributed by atoms with E-state index in [0.717, 1.165) is 4.68 Å². The quantitative estimate of drug-likeness (QED) is 0.698. The molecule has 0 aliphatic carbocycles. The van der Waals surface area contributed by atoms with Crippen molar-refractivity contribution in [2.24, 2.45) is 0 Å². The van der Waals surface area contributed by atoms with Crippen molar-refractivity contribution in [3.8, 4) is 0 Å². The van der Waals surface area contributed by atoms with Gasteiger partial charge in [0.15, 0.2) is 0 Å². The molecule has 22 heavy (non-hydrogen) atoms. The number of aryl methyl sites for hydroxylation is 1. The Morgan fingerprint density at radius 2 is 1.91 bits per heavy atom. The lowest BCUT2D eigenvalue weighted by atomic mass is 10.2. The fourth-order valence-electron chi connectivity index (χ4n) is 1.99. The molecule has 1 unspecified atom stereocenters. The van der Waals surface area contributed by atoms with Gasteiger partial charge in [-0.15, -0.1) is 0 Å². The van der Waals surface area contributed by atoms with E-state index < -0.39 is 29.0 Å². The molecule has 116 valence electrons. The molecule has 0 aliphatic rings. The number of aliphatic carboxylic acids is 1. The largest absolute Gasteiger partial charge is 0.480 e. The number of carboxylic acid groups (broad SMARTS) is 1. The molecule has 1 heterocycles. The zero-order valence-corrected chi connectivity index (χ0v) is 11.8. The van der Waals surface area contributed by atoms with Gasteiger partial charge >= 0.3 is 5.97 Å². The van der Waals surface area contributed by atoms with Crippen molar-refractivity contribution < 1.29 is 14.7 Å². The van der Waals surface area contributed by atoms with Crippen LogP contribution in [0.3, 0.4) is 0 Å². The van der Waals surface area contributed by atoms with Gasteiger partial charge in [0.1, 0.15) is 6.04 Å². The molecule has 0 saturated heterocycles. The van der Waals surface area contributed by atoms with Crippen LogP contribution in [0.2, 0.25) is 0 Å². The van der Waals surface area contributed by atoms with Gasteiger partial charge in [0.2, 0.25) is 5.91 Å². The molecule has 0 aliphatic heterocycles. The van der Waals surface area contributed by atoms with E-state index in [1.165, 1.54) is 13.0 Å². The highest BCUT2D eigenvalue weighted by atomic mass is 16.4. The molecule has 0 bridgehead atoms. The van der Waals surface area contributed by atoms with E-state index in [9.17, 15) is 19.2 Å². The van der Waals surface area contributed by atoms with Crippen LogP contribution in [0.1, 0.15) is 13.3 Å². The van der Waals surface area contributed by atoms with Crippen molar-refractivity contribution in [1.29, 1.82) is 0 Å². The second-order valence-corrected chi connectivity index (χ2v) is 4.82. The third kappa shape index (κ3) is 3.22. The zero-order valence-electron chi connectivity index (χ0n) is 11.8. The van der Waals surface area contributed by atoms with Gasteiger partial charge in [-0.25, -0.2) is 4.68 Å². The molecule has 0 radical (unpaired) electrons. The van der Waals surface area contributed by atoms with Gasteiger partial charge in [0.25, 0.3) is 11.1 Å². The van der Waals surface area contributed by atoms with Gasteiger partial charge in [-0.1, -0.05) is 12.1 Å². The number of hydrogen-bond acceptors (Lipinski definition) is 4. The summed E-state index contributed by atoms with van der Waals surface area (Å²) in [5.41, 5.74) is -0.830. The average molecular weight is 305 g/mol. The Labute approximate surface area is 124 Å². The number of aromatic amines is 1. The lowest BCUT2D eigenvalue weighted by molar-refractivity contribution is -0.141. The minimum absolute atomic E-state index is 0.0446. The first-order valence-corrected chi connectivity index (χ1v) is 6.64. The Morgan fingerprint density at radius 1 is 1.27 bits per heavy atom. The number of nitrogens with one attached hydrogen (secondary N) is 2. The normalized spacial score (nSPS) is 12.0. The Kier molecular flexibility index (Phi) is 4.40. The summed E-state index contributed by atoms with van der Waals surface area (Å²) in [5, 5.41) is 13.9. The van der Waals surface area contributed by atoms with Crippen molar-refractivity contribution in [1.82, 2.24) is 15.1 Å². The number of carboxylic acids is 1. The standard InChI is InChI=1S/C14H15N3O5/c1-8(14(21)22)15-11(18)6-7-17-13(20)10-5-3-2-4-9(10)12(19)16-17/h2-5,8H,6-7H2,1H3,(H,15,18)(H,16,19)(H,21,22). The number of amides is 1. The van der Waals surface area contributed by atoms with Crippen LogP contribution in [0.4, 0.5) is 0 Å². The van der Waals surface area contributed by atoms with Crippen LogP contribution in [0, 0.1) is 0 Å². The van der Waals surface area contributed by atoms with Gasteiger partial charge in [-0.05, 0) is 19.1 Å². The fraction of sp³-hybridized carbons (Fsp3) is 0.286. The fourth-order valence-corrected chi connectivity index (χ4v) is 1.99. The first-order valence-electron chi connectivity index (χ1n) is 6.64. The third-order valence-corrected chi connectivity index (χ3v) is 3.19. The molecule has 8 nitrogen and oxygen atoms in total. The van der Waals surface area contributed by atoms with Crippen LogP contribution in [0.25, 0.3) is 10.8 Å². The lowest BCUT2D eigenvalue weighted by Crippen LogP contribution is -2.39.